The summed E-state index contributed by atoms with van der Waals surface area (Å²) in [5, 5.41) is 12.4. The van der Waals surface area contributed by atoms with E-state index in [0.29, 0.717) is 31.8 Å². The van der Waals surface area contributed by atoms with Gasteiger partial charge in [0.15, 0.2) is 0 Å². The van der Waals surface area contributed by atoms with Gasteiger partial charge in [0.1, 0.15) is 6.04 Å². The van der Waals surface area contributed by atoms with E-state index in [4.69, 9.17) is 10.5 Å². The lowest BCUT2D eigenvalue weighted by Gasteiger charge is -2.28. The Kier molecular flexibility index (Phi) is 6.80. The van der Waals surface area contributed by atoms with E-state index in [2.05, 4.69) is 17.5 Å². The first-order valence-corrected chi connectivity index (χ1v) is 11.6. The third-order valence-electron chi connectivity index (χ3n) is 5.98. The van der Waals surface area contributed by atoms with Crippen LogP contribution in [0.25, 0.3) is 11.1 Å². The van der Waals surface area contributed by atoms with Gasteiger partial charge in [-0.15, -0.1) is 11.8 Å². The van der Waals surface area contributed by atoms with E-state index >= 15 is 0 Å². The lowest BCUT2D eigenvalue weighted by molar-refractivity contribution is -0.129. The van der Waals surface area contributed by atoms with E-state index in [0.717, 1.165) is 27.3 Å². The van der Waals surface area contributed by atoms with Crippen LogP contribution in [0, 0.1) is 17.2 Å². The Morgan fingerprint density at radius 2 is 2.06 bits per heavy atom. The summed E-state index contributed by atoms with van der Waals surface area (Å²) in [5.74, 6) is 0.0566. The summed E-state index contributed by atoms with van der Waals surface area (Å²) in [7, 11) is 1.80. The topological polar surface area (TPSA) is 108 Å². The molecule has 0 aromatic heterocycles. The molecule has 0 saturated carbocycles. The molecule has 3 N–H and O–H groups in total. The van der Waals surface area contributed by atoms with E-state index in [1.807, 2.05) is 36.4 Å². The fourth-order valence-electron chi connectivity index (χ4n) is 4.02. The predicted molar refractivity (Wildman–Crippen MR) is 124 cm³/mol. The summed E-state index contributed by atoms with van der Waals surface area (Å²) in [6.07, 6.45) is 0.997. The van der Waals surface area contributed by atoms with E-state index in [1.165, 1.54) is 0 Å². The summed E-state index contributed by atoms with van der Waals surface area (Å²) in [6, 6.07) is 15.3. The van der Waals surface area contributed by atoms with Crippen LogP contribution in [-0.2, 0) is 20.7 Å². The van der Waals surface area contributed by atoms with Crippen molar-refractivity contribution in [1.82, 2.24) is 5.32 Å². The summed E-state index contributed by atoms with van der Waals surface area (Å²) in [4.78, 5) is 27.2. The second-order valence-corrected chi connectivity index (χ2v) is 9.17. The van der Waals surface area contributed by atoms with Gasteiger partial charge >= 0.3 is 0 Å². The minimum atomic E-state index is -0.614. The van der Waals surface area contributed by atoms with E-state index < -0.39 is 6.04 Å². The molecular weight excluding hydrogens is 424 g/mol. The number of carbonyl (C=O) groups excluding carboxylic acids is 2. The Balaban J connectivity index is 1.41. The molecule has 0 spiro atoms. The molecule has 2 aliphatic rings. The number of thioether (sulfide) groups is 1. The Hall–Kier alpha value is -2.86. The predicted octanol–water partition coefficient (Wildman–Crippen LogP) is 2.34. The van der Waals surface area contributed by atoms with Crippen molar-refractivity contribution in [2.75, 3.05) is 30.9 Å². The number of ether oxygens (including phenoxy) is 1. The number of benzene rings is 2. The third kappa shape index (κ3) is 4.80. The Bertz CT molecular complexity index is 1050. The number of fused-ring (bicyclic) bond motifs is 1. The normalized spacial score (nSPS) is 21.4. The van der Waals surface area contributed by atoms with Gasteiger partial charge in [-0.05, 0) is 35.2 Å². The minimum Gasteiger partial charge on any atom is -0.380 e. The van der Waals surface area contributed by atoms with Gasteiger partial charge in [0.25, 0.3) is 0 Å². The zero-order valence-corrected chi connectivity index (χ0v) is 18.7. The van der Waals surface area contributed by atoms with Gasteiger partial charge in [0, 0.05) is 31.0 Å². The summed E-state index contributed by atoms with van der Waals surface area (Å²) >= 11 is 1.56. The van der Waals surface area contributed by atoms with Crippen molar-refractivity contribution in [3.8, 4) is 17.2 Å². The highest BCUT2D eigenvalue weighted by Gasteiger charge is 2.30. The van der Waals surface area contributed by atoms with Crippen molar-refractivity contribution in [3.63, 3.8) is 0 Å². The standard InChI is InChI=1S/C24H26N4O3S/c1-28-21-7-6-17(11-22(21)32-14-23(28)29)16-4-2-15(3-5-16)10-18(12-25)27-24(30)19-8-9-31-13-20(19)26/h2-7,11,18-20H,8-10,13-14,26H2,1H3,(H,27,30). The molecule has 8 heteroatoms. The van der Waals surface area contributed by atoms with Crippen LogP contribution in [0.1, 0.15) is 12.0 Å². The first-order chi connectivity index (χ1) is 15.5. The molecule has 0 bridgehead atoms. The summed E-state index contributed by atoms with van der Waals surface area (Å²) < 4.78 is 5.29. The number of carbonyl (C=O) groups is 2. The van der Waals surface area contributed by atoms with Gasteiger partial charge < -0.3 is 20.7 Å². The van der Waals surface area contributed by atoms with E-state index in [-0.39, 0.29) is 23.8 Å². The van der Waals surface area contributed by atoms with Gasteiger partial charge in [-0.25, -0.2) is 0 Å². The number of nitriles is 1. The highest BCUT2D eigenvalue weighted by atomic mass is 32.2. The number of amides is 2. The Morgan fingerprint density at radius 3 is 2.78 bits per heavy atom. The van der Waals surface area contributed by atoms with Gasteiger partial charge in [-0.3, -0.25) is 9.59 Å². The number of nitrogens with two attached hydrogens (primary N) is 1. The SMILES string of the molecule is CN1C(=O)CSc2cc(-c3ccc(CC(C#N)NC(=O)C4CCOCC4N)cc3)ccc21. The molecule has 0 aliphatic carbocycles. The van der Waals surface area contributed by atoms with Crippen LogP contribution in [0.5, 0.6) is 0 Å². The zero-order valence-electron chi connectivity index (χ0n) is 17.9. The number of anilines is 1. The molecule has 2 aromatic carbocycles. The first kappa shape index (κ1) is 22.3. The molecule has 3 atom stereocenters. The van der Waals surface area contributed by atoms with Gasteiger partial charge in [-0.2, -0.15) is 5.26 Å². The van der Waals surface area contributed by atoms with Crippen LogP contribution in [-0.4, -0.2) is 49.9 Å². The maximum Gasteiger partial charge on any atom is 0.237 e. The van der Waals surface area contributed by atoms with Gasteiger partial charge in [-0.1, -0.05) is 30.3 Å². The minimum absolute atomic E-state index is 0.109. The molecule has 3 unspecified atom stereocenters. The molecule has 4 rings (SSSR count). The van der Waals surface area contributed by atoms with Crippen molar-refractivity contribution in [2.45, 2.75) is 29.8 Å². The molecule has 0 radical (unpaired) electrons. The molecule has 1 saturated heterocycles. The average molecular weight is 451 g/mol. The van der Waals surface area contributed by atoms with Crippen molar-refractivity contribution in [2.24, 2.45) is 11.7 Å². The van der Waals surface area contributed by atoms with Crippen molar-refractivity contribution >= 4 is 29.3 Å². The van der Waals surface area contributed by atoms with Crippen LogP contribution >= 0.6 is 11.8 Å². The van der Waals surface area contributed by atoms with E-state index in [9.17, 15) is 14.9 Å². The number of nitrogens with one attached hydrogen (secondary N) is 1. The summed E-state index contributed by atoms with van der Waals surface area (Å²) in [6.45, 7) is 0.878. The molecule has 166 valence electrons. The zero-order chi connectivity index (χ0) is 22.7. The van der Waals surface area contributed by atoms with Crippen molar-refractivity contribution in [1.29, 1.82) is 5.26 Å². The molecule has 2 amide bonds. The average Bonchev–Trinajstić information content (AvgIpc) is 2.81. The Morgan fingerprint density at radius 1 is 1.31 bits per heavy atom. The van der Waals surface area contributed by atoms with Crippen LogP contribution in [0.4, 0.5) is 5.69 Å². The van der Waals surface area contributed by atoms with Crippen LogP contribution in [0.15, 0.2) is 47.4 Å². The molecule has 7 nitrogen and oxygen atoms in total. The maximum absolute atomic E-state index is 12.5. The smallest absolute Gasteiger partial charge is 0.237 e. The van der Waals surface area contributed by atoms with Gasteiger partial charge in [0.2, 0.25) is 11.8 Å². The monoisotopic (exact) mass is 450 g/mol. The van der Waals surface area contributed by atoms with Crippen LogP contribution in [0.3, 0.4) is 0 Å². The van der Waals surface area contributed by atoms with Crippen LogP contribution in [0.2, 0.25) is 0 Å². The molecule has 32 heavy (non-hydrogen) atoms. The van der Waals surface area contributed by atoms with Crippen molar-refractivity contribution in [3.05, 3.63) is 48.0 Å². The summed E-state index contributed by atoms with van der Waals surface area (Å²) in [5.41, 5.74) is 10.0. The largest absolute Gasteiger partial charge is 0.380 e. The molecule has 2 heterocycles. The second kappa shape index (κ2) is 9.74. The van der Waals surface area contributed by atoms with E-state index in [1.54, 1.807) is 23.7 Å². The molecule has 2 aliphatic heterocycles. The third-order valence-corrected chi connectivity index (χ3v) is 7.01. The van der Waals surface area contributed by atoms with Crippen molar-refractivity contribution < 1.29 is 14.3 Å². The first-order valence-electron chi connectivity index (χ1n) is 10.6. The molecular formula is C24H26N4O3S. The quantitative estimate of drug-likeness (QED) is 0.724. The second-order valence-electron chi connectivity index (χ2n) is 8.15. The lowest BCUT2D eigenvalue weighted by atomic mass is 9.94. The fourth-order valence-corrected chi connectivity index (χ4v) is 5.06. The number of hydrogen-bond donors (Lipinski definition) is 2. The highest BCUT2D eigenvalue weighted by Crippen LogP contribution is 2.37. The Labute approximate surface area is 191 Å². The number of nitrogens with zero attached hydrogens (tertiary/aromatic N) is 2. The number of hydrogen-bond acceptors (Lipinski definition) is 6. The van der Waals surface area contributed by atoms with Crippen LogP contribution < -0.4 is 16.0 Å². The fraction of sp³-hybridized carbons (Fsp3) is 0.375. The molecule has 1 fully saturated rings. The highest BCUT2D eigenvalue weighted by molar-refractivity contribution is 8.00. The lowest BCUT2D eigenvalue weighted by Crippen LogP contribution is -2.50. The molecule has 2 aromatic rings. The van der Waals surface area contributed by atoms with Gasteiger partial charge in [0.05, 0.1) is 30.0 Å². The number of rotatable bonds is 5. The maximum atomic E-state index is 12.5.